The second kappa shape index (κ2) is 8.53. The van der Waals surface area contributed by atoms with Crippen molar-refractivity contribution in [1.82, 2.24) is 9.62 Å². The first-order valence-corrected chi connectivity index (χ1v) is 10.3. The number of rotatable bonds is 7. The lowest BCUT2D eigenvalue weighted by atomic mass is 10.1. The normalized spacial score (nSPS) is 16.0. The lowest BCUT2D eigenvalue weighted by Crippen LogP contribution is -2.46. The van der Waals surface area contributed by atoms with Crippen LogP contribution in [0.5, 0.6) is 11.5 Å². The summed E-state index contributed by atoms with van der Waals surface area (Å²) in [7, 11) is -1.89. The highest BCUT2D eigenvalue weighted by Crippen LogP contribution is 2.35. The van der Waals surface area contributed by atoms with Gasteiger partial charge in [0.2, 0.25) is 10.0 Å². The fourth-order valence-electron chi connectivity index (χ4n) is 2.90. The first-order chi connectivity index (χ1) is 12.7. The summed E-state index contributed by atoms with van der Waals surface area (Å²) in [5.41, 5.74) is -0.517. The molecule has 1 heterocycles. The summed E-state index contributed by atoms with van der Waals surface area (Å²) in [4.78, 5) is 23.3. The maximum absolute atomic E-state index is 12.6. The number of hydrogen-bond donors (Lipinski definition) is 1. The Morgan fingerprint density at radius 1 is 1.33 bits per heavy atom. The molecule has 1 aliphatic rings. The largest absolute Gasteiger partial charge is 0.493 e. The van der Waals surface area contributed by atoms with Crippen molar-refractivity contribution in [3.8, 4) is 11.5 Å². The van der Waals surface area contributed by atoms with E-state index < -0.39 is 20.9 Å². The molecule has 1 aromatic carbocycles. The molecule has 0 bridgehead atoms. The lowest BCUT2D eigenvalue weighted by molar-refractivity contribution is -0.385. The minimum absolute atomic E-state index is 0.133. The molecule has 11 heteroatoms. The zero-order valence-electron chi connectivity index (χ0n) is 15.4. The Bertz CT molecular complexity index is 818. The molecule has 1 aliphatic heterocycles. The molecule has 1 aromatic rings. The van der Waals surface area contributed by atoms with Crippen LogP contribution in [0.2, 0.25) is 0 Å². The van der Waals surface area contributed by atoms with Crippen molar-refractivity contribution in [1.29, 1.82) is 0 Å². The van der Waals surface area contributed by atoms with Gasteiger partial charge < -0.3 is 14.8 Å². The Labute approximate surface area is 157 Å². The maximum Gasteiger partial charge on any atom is 0.286 e. The van der Waals surface area contributed by atoms with Crippen molar-refractivity contribution in [2.24, 2.45) is 0 Å². The number of piperidine rings is 1. The van der Waals surface area contributed by atoms with Crippen LogP contribution in [0.1, 0.15) is 30.1 Å². The number of nitro groups is 1. The molecule has 2 rings (SSSR count). The summed E-state index contributed by atoms with van der Waals surface area (Å²) in [5.74, 6) is -0.204. The highest BCUT2D eigenvalue weighted by molar-refractivity contribution is 7.88. The third-order valence-corrected chi connectivity index (χ3v) is 5.58. The van der Waals surface area contributed by atoms with E-state index in [2.05, 4.69) is 5.32 Å². The number of carbonyl (C=O) groups excluding carboxylic acids is 1. The molecule has 0 radical (unpaired) electrons. The number of ether oxygens (including phenoxy) is 2. The van der Waals surface area contributed by atoms with Crippen LogP contribution in [-0.4, -0.2) is 62.7 Å². The molecule has 0 aliphatic carbocycles. The average Bonchev–Trinajstić information content (AvgIpc) is 2.61. The van der Waals surface area contributed by atoms with Crippen molar-refractivity contribution >= 4 is 21.6 Å². The Hall–Kier alpha value is -2.40. The van der Waals surface area contributed by atoms with E-state index in [9.17, 15) is 23.3 Å². The predicted molar refractivity (Wildman–Crippen MR) is 97.7 cm³/mol. The summed E-state index contributed by atoms with van der Waals surface area (Å²) < 4.78 is 34.9. The standard InChI is InChI=1S/C16H23N3O7S/c1-4-26-15-10-13(19(21)22)12(9-14(15)25-2)16(20)17-11-5-7-18(8-6-11)27(3,23)24/h9-11H,4-8H2,1-3H3,(H,17,20). The third-order valence-electron chi connectivity index (χ3n) is 4.28. The third kappa shape index (κ3) is 5.07. The monoisotopic (exact) mass is 401 g/mol. The molecule has 0 spiro atoms. The number of methoxy groups -OCH3 is 1. The van der Waals surface area contributed by atoms with E-state index in [1.165, 1.54) is 23.5 Å². The minimum Gasteiger partial charge on any atom is -0.493 e. The van der Waals surface area contributed by atoms with Crippen LogP contribution in [0.4, 0.5) is 5.69 Å². The molecule has 1 amide bonds. The van der Waals surface area contributed by atoms with Gasteiger partial charge in [0.15, 0.2) is 11.5 Å². The van der Waals surface area contributed by atoms with Crippen molar-refractivity contribution < 1.29 is 27.6 Å². The predicted octanol–water partition coefficient (Wildman–Crippen LogP) is 1.16. The SMILES string of the molecule is CCOc1cc([N+](=O)[O-])c(C(=O)NC2CCN(S(C)(=O)=O)CC2)cc1OC. The maximum atomic E-state index is 12.6. The number of nitro benzene ring substituents is 1. The second-order valence-corrected chi connectivity index (χ2v) is 8.10. The van der Waals surface area contributed by atoms with Crippen molar-refractivity contribution in [2.75, 3.05) is 33.1 Å². The molecule has 0 saturated carbocycles. The first kappa shape index (κ1) is 20.9. The average molecular weight is 401 g/mol. The van der Waals surface area contributed by atoms with Gasteiger partial charge in [-0.2, -0.15) is 0 Å². The number of benzene rings is 1. The van der Waals surface area contributed by atoms with Crippen molar-refractivity contribution in [2.45, 2.75) is 25.8 Å². The molecule has 0 atom stereocenters. The van der Waals surface area contributed by atoms with Gasteiger partial charge in [-0.25, -0.2) is 12.7 Å². The minimum atomic E-state index is -3.27. The fraction of sp³-hybridized carbons (Fsp3) is 0.562. The Kier molecular flexibility index (Phi) is 6.60. The van der Waals surface area contributed by atoms with Crippen LogP contribution in [0.25, 0.3) is 0 Å². The summed E-state index contributed by atoms with van der Waals surface area (Å²) >= 11 is 0. The molecule has 1 saturated heterocycles. The van der Waals surface area contributed by atoms with Crippen LogP contribution in [0, 0.1) is 10.1 Å². The summed E-state index contributed by atoms with van der Waals surface area (Å²) in [6.07, 6.45) is 2.00. The van der Waals surface area contributed by atoms with Gasteiger partial charge in [-0.1, -0.05) is 0 Å². The van der Waals surface area contributed by atoms with Crippen LogP contribution in [0.3, 0.4) is 0 Å². The van der Waals surface area contributed by atoms with Gasteiger partial charge in [-0.05, 0) is 19.8 Å². The van der Waals surface area contributed by atoms with Crippen LogP contribution < -0.4 is 14.8 Å². The Morgan fingerprint density at radius 2 is 1.96 bits per heavy atom. The lowest BCUT2D eigenvalue weighted by Gasteiger charge is -2.30. The molecular formula is C16H23N3O7S. The fourth-order valence-corrected chi connectivity index (χ4v) is 3.78. The molecule has 10 nitrogen and oxygen atoms in total. The van der Waals surface area contributed by atoms with Crippen LogP contribution >= 0.6 is 0 Å². The topological polar surface area (TPSA) is 128 Å². The summed E-state index contributed by atoms with van der Waals surface area (Å²) in [6, 6.07) is 2.18. The van der Waals surface area contributed by atoms with E-state index in [0.29, 0.717) is 25.9 Å². The zero-order valence-corrected chi connectivity index (χ0v) is 16.2. The first-order valence-electron chi connectivity index (χ1n) is 8.42. The van der Waals surface area contributed by atoms with E-state index >= 15 is 0 Å². The number of hydrogen-bond acceptors (Lipinski definition) is 7. The van der Waals surface area contributed by atoms with Crippen LogP contribution in [0.15, 0.2) is 12.1 Å². The second-order valence-electron chi connectivity index (χ2n) is 6.12. The highest BCUT2D eigenvalue weighted by atomic mass is 32.2. The van der Waals surface area contributed by atoms with Gasteiger partial charge in [-0.3, -0.25) is 14.9 Å². The molecular weight excluding hydrogens is 378 g/mol. The summed E-state index contributed by atoms with van der Waals surface area (Å²) in [5, 5.41) is 14.1. The Balaban J connectivity index is 2.19. The van der Waals surface area contributed by atoms with E-state index in [-0.39, 0.29) is 35.4 Å². The zero-order chi connectivity index (χ0) is 20.2. The highest BCUT2D eigenvalue weighted by Gasteiger charge is 2.29. The van der Waals surface area contributed by atoms with Crippen molar-refractivity contribution in [3.63, 3.8) is 0 Å². The molecule has 0 aromatic heterocycles. The van der Waals surface area contributed by atoms with E-state index in [0.717, 1.165) is 6.26 Å². The number of carbonyl (C=O) groups is 1. The quantitative estimate of drug-likeness (QED) is 0.536. The molecule has 27 heavy (non-hydrogen) atoms. The van der Waals surface area contributed by atoms with Gasteiger partial charge in [0.05, 0.1) is 31.0 Å². The van der Waals surface area contributed by atoms with E-state index in [1.54, 1.807) is 6.92 Å². The summed E-state index contributed by atoms with van der Waals surface area (Å²) in [6.45, 7) is 2.60. The van der Waals surface area contributed by atoms with E-state index in [1.807, 2.05) is 0 Å². The molecule has 0 unspecified atom stereocenters. The van der Waals surface area contributed by atoms with Gasteiger partial charge in [0, 0.05) is 25.2 Å². The molecule has 1 N–H and O–H groups in total. The van der Waals surface area contributed by atoms with Crippen molar-refractivity contribution in [3.05, 3.63) is 27.8 Å². The van der Waals surface area contributed by atoms with E-state index in [4.69, 9.17) is 9.47 Å². The number of nitrogens with zero attached hydrogens (tertiary/aromatic N) is 2. The van der Waals surface area contributed by atoms with Gasteiger partial charge >= 0.3 is 0 Å². The molecule has 1 fully saturated rings. The molecule has 150 valence electrons. The van der Waals surface area contributed by atoms with Crippen LogP contribution in [-0.2, 0) is 10.0 Å². The number of amides is 1. The Morgan fingerprint density at radius 3 is 2.44 bits per heavy atom. The smallest absolute Gasteiger partial charge is 0.286 e. The number of sulfonamides is 1. The number of nitrogens with one attached hydrogen (secondary N) is 1. The van der Waals surface area contributed by atoms with Gasteiger partial charge in [0.1, 0.15) is 5.56 Å². The van der Waals surface area contributed by atoms with Gasteiger partial charge in [-0.15, -0.1) is 0 Å². The van der Waals surface area contributed by atoms with Gasteiger partial charge in [0.25, 0.3) is 11.6 Å².